The van der Waals surface area contributed by atoms with Crippen LogP contribution in [-0.4, -0.2) is 75.4 Å². The zero-order chi connectivity index (χ0) is 61.4. The SMILES string of the molecule is CC(C)(C)N1C=CN(c2[c-]cccc2)[CH-]1.CC1(C)c2ccccc2-c2c[c-]c(-n3ccnn3)cc21.CC1(C)c2ccccc2-c2c[c-]c(-n3ccnn3)cc21.[Ir].[Ir].[Ir].[Pt+2].[Pt].[c-]1ccc(-c2ccccc2)cc1-n1ccnn1.[c-]1ccc(-c2ccccn2)cc1-n1ccnn1. The van der Waals surface area contributed by atoms with Gasteiger partial charge in [-0.25, -0.2) is 18.7 Å². The number of aromatic nitrogens is 13. The number of nitrogens with zero attached hydrogens (tertiary/aromatic N) is 15. The average molecular weight is 2130 g/mol. The minimum atomic E-state index is 0. The quantitative estimate of drug-likeness (QED) is 0.141. The number of fused-ring (bicyclic) bond motifs is 6. The van der Waals surface area contributed by atoms with Crippen molar-refractivity contribution in [1.82, 2.24) is 69.9 Å². The molecule has 6 heterocycles. The molecule has 3 aliphatic rings. The second-order valence-electron chi connectivity index (χ2n) is 23.2. The van der Waals surface area contributed by atoms with Crippen LogP contribution in [0, 0.1) is 37.0 Å². The number of para-hydroxylation sites is 1. The molecule has 1 aliphatic heterocycles. The molecule has 0 N–H and O–H groups in total. The van der Waals surface area contributed by atoms with Crippen molar-refractivity contribution in [2.75, 3.05) is 4.90 Å². The van der Waals surface area contributed by atoms with Crippen LogP contribution >= 0.6 is 0 Å². The van der Waals surface area contributed by atoms with Gasteiger partial charge in [-0.2, -0.15) is 97.7 Å². The number of hydrogen-bond donors (Lipinski definition) is 0. The van der Waals surface area contributed by atoms with Gasteiger partial charge < -0.3 is 9.80 Å². The van der Waals surface area contributed by atoms with Crippen LogP contribution in [0.5, 0.6) is 0 Å². The van der Waals surface area contributed by atoms with Gasteiger partial charge in [0.25, 0.3) is 0 Å². The van der Waals surface area contributed by atoms with Crippen LogP contribution in [0.3, 0.4) is 0 Å². The van der Waals surface area contributed by atoms with Gasteiger partial charge in [-0.15, -0.1) is 83.7 Å². The van der Waals surface area contributed by atoms with Gasteiger partial charge in [0.2, 0.25) is 0 Å². The third-order valence-corrected chi connectivity index (χ3v) is 15.7. The normalized spacial score (nSPS) is 12.7. The van der Waals surface area contributed by atoms with Crippen LogP contribution in [0.4, 0.5) is 5.69 Å². The second kappa shape index (κ2) is 33.0. The first-order valence-electron chi connectivity index (χ1n) is 29.2. The van der Waals surface area contributed by atoms with Crippen molar-refractivity contribution in [2.24, 2.45) is 0 Å². The van der Waals surface area contributed by atoms with Gasteiger partial charge in [0.1, 0.15) is 0 Å². The monoisotopic (exact) mass is 2130 g/mol. The minimum Gasteiger partial charge on any atom is -0.504 e. The minimum absolute atomic E-state index is 0. The second-order valence-corrected chi connectivity index (χ2v) is 23.2. The summed E-state index contributed by atoms with van der Waals surface area (Å²) in [5.74, 6) is 0. The number of rotatable bonds is 7. The molecule has 2 aliphatic carbocycles. The third-order valence-electron chi connectivity index (χ3n) is 15.7. The Labute approximate surface area is 618 Å². The van der Waals surface area contributed by atoms with Crippen molar-refractivity contribution in [2.45, 2.75) is 64.8 Å². The predicted octanol–water partition coefficient (Wildman–Crippen LogP) is 14.6. The van der Waals surface area contributed by atoms with Crippen molar-refractivity contribution >= 4 is 5.69 Å². The zero-order valence-corrected chi connectivity index (χ0v) is 63.8. The van der Waals surface area contributed by atoms with E-state index in [0.29, 0.717) is 0 Å². The van der Waals surface area contributed by atoms with Crippen LogP contribution in [0.15, 0.2) is 250 Å². The van der Waals surface area contributed by atoms with Gasteiger partial charge in [0, 0.05) is 124 Å². The van der Waals surface area contributed by atoms with Crippen molar-refractivity contribution in [1.29, 1.82) is 0 Å². The van der Waals surface area contributed by atoms with Gasteiger partial charge in [-0.1, -0.05) is 145 Å². The molecule has 15 nitrogen and oxygen atoms in total. The first kappa shape index (κ1) is 73.5. The summed E-state index contributed by atoms with van der Waals surface area (Å²) in [6.45, 7) is 17.7. The Kier molecular flexibility index (Phi) is 25.8. The molecule has 16 rings (SSSR count). The molecule has 8 aromatic carbocycles. The van der Waals surface area contributed by atoms with Crippen LogP contribution in [0.2, 0.25) is 0 Å². The molecule has 0 saturated heterocycles. The number of hydrogen-bond acceptors (Lipinski definition) is 11. The summed E-state index contributed by atoms with van der Waals surface area (Å²) in [5, 5.41) is 31.3. The Morgan fingerprint density at radius 1 is 0.394 bits per heavy atom. The standard InChI is InChI=1S/2C17H14N3.C14H10N3.C13H9N4.C13H16N2.3Ir.2Pt/c2*1-17(2)15-6-4-3-5-13(15)14-8-7-12(11-16(14)17)20-10-9-18-19-20;1-2-5-12(6-3-1)13-7-4-8-14(11-13)17-10-9-15-16-17;1-2-7-14-13(6-1)11-4-3-5-12(10-11)17-9-8-15-16-17;1-13(2,3)15-10-9-14(11-15)12-7-5-4-6-8-12;;;;;/h2*3-6,8-11H,1-2H3;1-7,9-11H;1-4,6-10H;4-7,9-11H,1-3H3;;;;;/q4*-1;-2;;;;;+2. The molecule has 485 valence electrons. The summed E-state index contributed by atoms with van der Waals surface area (Å²) in [6, 6.07) is 77.6. The maximum Gasteiger partial charge on any atom is 2.00 e. The maximum atomic E-state index is 4.31. The molecule has 3 radical (unpaired) electrons. The molecule has 0 atom stereocenters. The van der Waals surface area contributed by atoms with E-state index in [-0.39, 0.29) is 119 Å². The third kappa shape index (κ3) is 16.6. The van der Waals surface area contributed by atoms with Gasteiger partial charge in [0.15, 0.2) is 0 Å². The summed E-state index contributed by atoms with van der Waals surface area (Å²) in [5.41, 5.74) is 19.7. The molecule has 0 fully saturated rings. The Balaban J connectivity index is 0.000000165. The van der Waals surface area contributed by atoms with E-state index >= 15 is 0 Å². The molecular formula is C74H63Ir3N15Pt2-4. The van der Waals surface area contributed by atoms with E-state index in [1.165, 1.54) is 50.1 Å². The van der Waals surface area contributed by atoms with Gasteiger partial charge >= 0.3 is 21.1 Å². The van der Waals surface area contributed by atoms with Crippen LogP contribution in [-0.2, 0) is 113 Å². The summed E-state index contributed by atoms with van der Waals surface area (Å²) in [6.07, 6.45) is 19.8. The number of benzene rings is 8. The Morgan fingerprint density at radius 3 is 1.27 bits per heavy atom. The van der Waals surface area contributed by atoms with Gasteiger partial charge in [-0.3, -0.25) is 4.98 Å². The molecule has 13 aromatic rings. The van der Waals surface area contributed by atoms with E-state index in [2.05, 4.69) is 239 Å². The fourth-order valence-corrected chi connectivity index (χ4v) is 11.0. The zero-order valence-electron chi connectivity index (χ0n) is 52.1. The Bertz CT molecular complexity index is 4220. The fourth-order valence-electron chi connectivity index (χ4n) is 11.0. The van der Waals surface area contributed by atoms with E-state index in [0.717, 1.165) is 45.3 Å². The summed E-state index contributed by atoms with van der Waals surface area (Å²) in [7, 11) is 0. The van der Waals surface area contributed by atoms with Crippen LogP contribution in [0.25, 0.3) is 67.4 Å². The first-order valence-corrected chi connectivity index (χ1v) is 29.2. The van der Waals surface area contributed by atoms with E-state index in [9.17, 15) is 0 Å². The molecule has 20 heteroatoms. The average Bonchev–Trinajstić information content (AvgIpc) is 1.59. The summed E-state index contributed by atoms with van der Waals surface area (Å²) in [4.78, 5) is 8.58. The molecule has 0 saturated carbocycles. The largest absolute Gasteiger partial charge is 2.00 e. The number of pyridine rings is 1. The van der Waals surface area contributed by atoms with Crippen LogP contribution in [0.1, 0.15) is 70.7 Å². The van der Waals surface area contributed by atoms with Crippen molar-refractivity contribution in [3.05, 3.63) is 309 Å². The maximum absolute atomic E-state index is 4.31. The molecule has 0 spiro atoms. The predicted molar refractivity (Wildman–Crippen MR) is 347 cm³/mol. The molecular weight excluding hydrogens is 2070 g/mol. The summed E-state index contributed by atoms with van der Waals surface area (Å²) >= 11 is 0. The Morgan fingerprint density at radius 2 is 0.830 bits per heavy atom. The van der Waals surface area contributed by atoms with Crippen LogP contribution < -0.4 is 4.90 Å². The van der Waals surface area contributed by atoms with Crippen molar-refractivity contribution < 1.29 is 102 Å². The number of anilines is 1. The van der Waals surface area contributed by atoms with E-state index in [4.69, 9.17) is 0 Å². The van der Waals surface area contributed by atoms with E-state index < -0.39 is 0 Å². The Hall–Kier alpha value is -7.87. The topological polar surface area (TPSA) is 142 Å². The molecule has 0 bridgehead atoms. The van der Waals surface area contributed by atoms with E-state index in [1.807, 2.05) is 109 Å². The summed E-state index contributed by atoms with van der Waals surface area (Å²) < 4.78 is 6.87. The molecule has 0 amide bonds. The van der Waals surface area contributed by atoms with Crippen molar-refractivity contribution in [3.63, 3.8) is 0 Å². The van der Waals surface area contributed by atoms with Crippen molar-refractivity contribution in [3.8, 4) is 67.4 Å². The van der Waals surface area contributed by atoms with Gasteiger partial charge in [-0.05, 0) is 95.6 Å². The first-order chi connectivity index (χ1) is 43.3. The molecule has 0 unspecified atom stereocenters. The molecule has 94 heavy (non-hydrogen) atoms. The van der Waals surface area contributed by atoms with Gasteiger partial charge in [0.05, 0.1) is 24.8 Å². The molecule has 5 aromatic heterocycles. The smallest absolute Gasteiger partial charge is 0.504 e. The fraction of sp³-hybridized carbons (Fsp3) is 0.135. The van der Waals surface area contributed by atoms with E-state index in [1.54, 1.807) is 62.1 Å².